The Morgan fingerprint density at radius 3 is 2.62 bits per heavy atom. The summed E-state index contributed by atoms with van der Waals surface area (Å²) in [5.74, 6) is -0.0267. The van der Waals surface area contributed by atoms with Gasteiger partial charge in [-0.15, -0.1) is 0 Å². The number of carbonyl (C=O) groups excluding carboxylic acids is 1. The maximum atomic E-state index is 12.2. The standard InChI is InChI=1S/C16H25N3O2/c1-4-17-15-11-21-10-14(15)16(20)18-9-12-5-7-13(8-6-12)19(2)3/h5-8,14-15,17H,4,9-11H2,1-3H3,(H,18,20). The molecule has 1 amide bonds. The Balaban J connectivity index is 1.86. The smallest absolute Gasteiger partial charge is 0.227 e. The first-order valence-electron chi connectivity index (χ1n) is 7.47. The van der Waals surface area contributed by atoms with Crippen molar-refractivity contribution in [3.05, 3.63) is 29.8 Å². The molecule has 2 N–H and O–H groups in total. The average Bonchev–Trinajstić information content (AvgIpc) is 2.94. The molecule has 2 atom stereocenters. The molecule has 116 valence electrons. The van der Waals surface area contributed by atoms with Gasteiger partial charge in [-0.25, -0.2) is 0 Å². The van der Waals surface area contributed by atoms with E-state index in [1.807, 2.05) is 33.2 Å². The number of benzene rings is 1. The molecule has 1 heterocycles. The molecule has 1 aromatic rings. The highest BCUT2D eigenvalue weighted by molar-refractivity contribution is 5.79. The van der Waals surface area contributed by atoms with Crippen LogP contribution < -0.4 is 15.5 Å². The van der Waals surface area contributed by atoms with Gasteiger partial charge in [-0.05, 0) is 24.2 Å². The molecule has 0 spiro atoms. The fraction of sp³-hybridized carbons (Fsp3) is 0.562. The molecule has 0 aliphatic carbocycles. The fourth-order valence-electron chi connectivity index (χ4n) is 2.51. The number of ether oxygens (including phenoxy) is 1. The number of nitrogens with zero attached hydrogens (tertiary/aromatic N) is 1. The van der Waals surface area contributed by atoms with E-state index in [0.29, 0.717) is 19.8 Å². The third-order valence-electron chi connectivity index (χ3n) is 3.80. The lowest BCUT2D eigenvalue weighted by molar-refractivity contribution is -0.125. The average molecular weight is 291 g/mol. The molecular formula is C16H25N3O2. The molecule has 5 nitrogen and oxygen atoms in total. The fourth-order valence-corrected chi connectivity index (χ4v) is 2.51. The largest absolute Gasteiger partial charge is 0.379 e. The Morgan fingerprint density at radius 1 is 1.29 bits per heavy atom. The third kappa shape index (κ3) is 4.19. The predicted octanol–water partition coefficient (Wildman–Crippen LogP) is 0.993. The lowest BCUT2D eigenvalue weighted by atomic mass is 10.0. The van der Waals surface area contributed by atoms with Gasteiger partial charge in [0.05, 0.1) is 19.1 Å². The first-order chi connectivity index (χ1) is 10.1. The van der Waals surface area contributed by atoms with E-state index < -0.39 is 0 Å². The highest BCUT2D eigenvalue weighted by Crippen LogP contribution is 2.15. The Labute approximate surface area is 126 Å². The third-order valence-corrected chi connectivity index (χ3v) is 3.80. The minimum Gasteiger partial charge on any atom is -0.379 e. The SMILES string of the molecule is CCNC1COCC1C(=O)NCc1ccc(N(C)C)cc1. The number of amides is 1. The minimum atomic E-state index is -0.0917. The van der Waals surface area contributed by atoms with Gasteiger partial charge in [-0.2, -0.15) is 0 Å². The molecule has 0 aromatic heterocycles. The van der Waals surface area contributed by atoms with Crippen LogP contribution in [0.1, 0.15) is 12.5 Å². The van der Waals surface area contributed by atoms with E-state index >= 15 is 0 Å². The van der Waals surface area contributed by atoms with E-state index in [1.54, 1.807) is 0 Å². The molecular weight excluding hydrogens is 266 g/mol. The Morgan fingerprint density at radius 2 is 2.00 bits per heavy atom. The molecule has 1 aromatic carbocycles. The second-order valence-corrected chi connectivity index (χ2v) is 5.59. The molecule has 1 saturated heterocycles. The van der Waals surface area contributed by atoms with E-state index in [9.17, 15) is 4.79 Å². The van der Waals surface area contributed by atoms with Gasteiger partial charge in [0.15, 0.2) is 0 Å². The summed E-state index contributed by atoms with van der Waals surface area (Å²) in [5.41, 5.74) is 2.26. The second kappa shape index (κ2) is 7.43. The zero-order chi connectivity index (χ0) is 15.2. The van der Waals surface area contributed by atoms with Crippen LogP contribution in [0.2, 0.25) is 0 Å². The first kappa shape index (κ1) is 15.8. The summed E-state index contributed by atoms with van der Waals surface area (Å²) in [5, 5.41) is 6.31. The van der Waals surface area contributed by atoms with Crippen molar-refractivity contribution in [3.8, 4) is 0 Å². The van der Waals surface area contributed by atoms with Gasteiger partial charge in [0.2, 0.25) is 5.91 Å². The molecule has 0 saturated carbocycles. The molecule has 1 aliphatic rings. The van der Waals surface area contributed by atoms with Crippen LogP contribution in [-0.2, 0) is 16.1 Å². The van der Waals surface area contributed by atoms with Crippen molar-refractivity contribution in [2.45, 2.75) is 19.5 Å². The number of hydrogen-bond acceptors (Lipinski definition) is 4. The van der Waals surface area contributed by atoms with Gasteiger partial charge in [0, 0.05) is 32.4 Å². The molecule has 5 heteroatoms. The van der Waals surface area contributed by atoms with E-state index in [-0.39, 0.29) is 17.9 Å². The van der Waals surface area contributed by atoms with Crippen LogP contribution in [0, 0.1) is 5.92 Å². The van der Waals surface area contributed by atoms with Crippen LogP contribution in [0.15, 0.2) is 24.3 Å². The van der Waals surface area contributed by atoms with Crippen LogP contribution in [0.5, 0.6) is 0 Å². The van der Waals surface area contributed by atoms with Gasteiger partial charge in [-0.1, -0.05) is 19.1 Å². The van der Waals surface area contributed by atoms with Gasteiger partial charge in [0.25, 0.3) is 0 Å². The molecule has 2 unspecified atom stereocenters. The van der Waals surface area contributed by atoms with E-state index in [0.717, 1.165) is 17.8 Å². The Bertz CT molecular complexity index is 459. The van der Waals surface area contributed by atoms with Gasteiger partial charge >= 0.3 is 0 Å². The summed E-state index contributed by atoms with van der Waals surface area (Å²) in [6.45, 7) is 4.57. The lowest BCUT2D eigenvalue weighted by Gasteiger charge is -2.18. The number of nitrogens with one attached hydrogen (secondary N) is 2. The Hall–Kier alpha value is -1.59. The van der Waals surface area contributed by atoms with Crippen molar-refractivity contribution in [1.82, 2.24) is 10.6 Å². The molecule has 1 aliphatic heterocycles. The number of rotatable bonds is 6. The highest BCUT2D eigenvalue weighted by atomic mass is 16.5. The van der Waals surface area contributed by atoms with E-state index in [1.165, 1.54) is 0 Å². The van der Waals surface area contributed by atoms with Crippen molar-refractivity contribution in [2.75, 3.05) is 38.8 Å². The predicted molar refractivity (Wildman–Crippen MR) is 84.4 cm³/mol. The summed E-state index contributed by atoms with van der Waals surface area (Å²) in [7, 11) is 4.02. The Kier molecular flexibility index (Phi) is 5.59. The zero-order valence-corrected chi connectivity index (χ0v) is 13.1. The lowest BCUT2D eigenvalue weighted by Crippen LogP contribution is -2.43. The summed E-state index contributed by atoms with van der Waals surface area (Å²) < 4.78 is 5.41. The first-order valence-corrected chi connectivity index (χ1v) is 7.47. The molecule has 1 fully saturated rings. The minimum absolute atomic E-state index is 0.0649. The van der Waals surface area contributed by atoms with Crippen LogP contribution in [0.4, 0.5) is 5.69 Å². The van der Waals surface area contributed by atoms with Crippen LogP contribution in [0.25, 0.3) is 0 Å². The molecule has 0 bridgehead atoms. The molecule has 0 radical (unpaired) electrons. The topological polar surface area (TPSA) is 53.6 Å². The van der Waals surface area contributed by atoms with Crippen molar-refractivity contribution in [2.24, 2.45) is 5.92 Å². The maximum Gasteiger partial charge on any atom is 0.227 e. The monoisotopic (exact) mass is 291 g/mol. The van der Waals surface area contributed by atoms with Gasteiger partial charge < -0.3 is 20.3 Å². The van der Waals surface area contributed by atoms with Crippen LogP contribution in [-0.4, -0.2) is 45.8 Å². The zero-order valence-electron chi connectivity index (χ0n) is 13.1. The number of carbonyl (C=O) groups is 1. The maximum absolute atomic E-state index is 12.2. The van der Waals surface area contributed by atoms with Gasteiger partial charge in [-0.3, -0.25) is 4.79 Å². The summed E-state index contributed by atoms with van der Waals surface area (Å²) in [6, 6.07) is 8.33. The highest BCUT2D eigenvalue weighted by Gasteiger charge is 2.33. The quantitative estimate of drug-likeness (QED) is 0.821. The number of likely N-dealkylation sites (N-methyl/N-ethyl adjacent to an activating group) is 1. The van der Waals surface area contributed by atoms with Crippen LogP contribution in [0.3, 0.4) is 0 Å². The second-order valence-electron chi connectivity index (χ2n) is 5.59. The van der Waals surface area contributed by atoms with E-state index in [4.69, 9.17) is 4.74 Å². The van der Waals surface area contributed by atoms with Crippen molar-refractivity contribution in [3.63, 3.8) is 0 Å². The van der Waals surface area contributed by atoms with Crippen molar-refractivity contribution in [1.29, 1.82) is 0 Å². The van der Waals surface area contributed by atoms with Crippen LogP contribution >= 0.6 is 0 Å². The molecule has 21 heavy (non-hydrogen) atoms. The van der Waals surface area contributed by atoms with E-state index in [2.05, 4.69) is 27.7 Å². The van der Waals surface area contributed by atoms with Gasteiger partial charge in [0.1, 0.15) is 0 Å². The van der Waals surface area contributed by atoms with Crippen molar-refractivity contribution < 1.29 is 9.53 Å². The summed E-state index contributed by atoms with van der Waals surface area (Å²) in [4.78, 5) is 14.3. The number of hydrogen-bond donors (Lipinski definition) is 2. The summed E-state index contributed by atoms with van der Waals surface area (Å²) in [6.07, 6.45) is 0. The molecule has 2 rings (SSSR count). The van der Waals surface area contributed by atoms with Crippen molar-refractivity contribution >= 4 is 11.6 Å². The normalized spacial score (nSPS) is 21.3. The number of anilines is 1. The summed E-state index contributed by atoms with van der Waals surface area (Å²) >= 11 is 0.